The van der Waals surface area contributed by atoms with Crippen LogP contribution in [0.2, 0.25) is 0 Å². The highest BCUT2D eigenvalue weighted by Gasteiger charge is 2.25. The molecule has 12 heteroatoms. The molecule has 0 aliphatic heterocycles. The molecular weight excluding hydrogens is 412 g/mol. The summed E-state index contributed by atoms with van der Waals surface area (Å²) in [5.41, 5.74) is 1.57. The Labute approximate surface area is 164 Å². The van der Waals surface area contributed by atoms with Crippen molar-refractivity contribution in [1.82, 2.24) is 20.2 Å². The number of hydrogen-bond donors (Lipinski definition) is 0. The second kappa shape index (κ2) is 7.87. The summed E-state index contributed by atoms with van der Waals surface area (Å²) in [5, 5.41) is 7.29. The summed E-state index contributed by atoms with van der Waals surface area (Å²) >= 11 is 1.08. The van der Waals surface area contributed by atoms with E-state index in [0.717, 1.165) is 16.9 Å². The van der Waals surface area contributed by atoms with E-state index in [1.165, 1.54) is 10.5 Å². The van der Waals surface area contributed by atoms with E-state index in [1.54, 1.807) is 19.9 Å². The molecule has 3 aromatic rings. The Bertz CT molecular complexity index is 1060. The predicted molar refractivity (Wildman–Crippen MR) is 99.7 cm³/mol. The molecule has 0 unspecified atom stereocenters. The van der Waals surface area contributed by atoms with Crippen LogP contribution in [0.25, 0.3) is 10.8 Å². The predicted octanol–water partition coefficient (Wildman–Crippen LogP) is 3.50. The summed E-state index contributed by atoms with van der Waals surface area (Å²) in [5.74, 6) is -0.677. The minimum absolute atomic E-state index is 0.0490. The second-order valence-corrected chi connectivity index (χ2v) is 9.21. The normalized spacial score (nSPS) is 11.9. The number of anilines is 1. The molecule has 8 nitrogen and oxygen atoms in total. The molecule has 150 valence electrons. The van der Waals surface area contributed by atoms with Crippen molar-refractivity contribution < 1.29 is 21.6 Å². The summed E-state index contributed by atoms with van der Waals surface area (Å²) < 4.78 is 56.6. The van der Waals surface area contributed by atoms with Gasteiger partial charge in [-0.25, -0.2) is 22.7 Å². The Balaban J connectivity index is 1.92. The van der Waals surface area contributed by atoms with Crippen LogP contribution in [0.1, 0.15) is 35.5 Å². The molecule has 0 aliphatic carbocycles. The van der Waals surface area contributed by atoms with Crippen molar-refractivity contribution in [2.75, 3.05) is 10.1 Å². The number of aromatic nitrogens is 4. The highest BCUT2D eigenvalue weighted by molar-refractivity contribution is 7.92. The van der Waals surface area contributed by atoms with Gasteiger partial charge in [0.25, 0.3) is 11.8 Å². The molecule has 0 saturated carbocycles. The fourth-order valence-electron chi connectivity index (χ4n) is 2.45. The molecule has 0 aliphatic rings. The number of alkyl halides is 2. The quantitative estimate of drug-likeness (QED) is 0.566. The zero-order valence-corrected chi connectivity index (χ0v) is 16.9. The third-order valence-corrected chi connectivity index (χ3v) is 6.40. The van der Waals surface area contributed by atoms with Crippen LogP contribution in [0, 0.1) is 13.8 Å². The highest BCUT2D eigenvalue weighted by atomic mass is 32.2. The van der Waals surface area contributed by atoms with Crippen molar-refractivity contribution in [1.29, 1.82) is 0 Å². The van der Waals surface area contributed by atoms with Gasteiger partial charge in [0.15, 0.2) is 0 Å². The lowest BCUT2D eigenvalue weighted by Gasteiger charge is -2.22. The summed E-state index contributed by atoms with van der Waals surface area (Å²) in [4.78, 5) is 8.88. The lowest BCUT2D eigenvalue weighted by atomic mass is 10.2. The van der Waals surface area contributed by atoms with E-state index in [4.69, 9.17) is 4.42 Å². The minimum atomic E-state index is -3.62. The standard InChI is InChI=1S/C16H17F2N5O3S2/c1-4-28(24,25)23(12-6-9(2)5-10(3)20-12)8-13-19-7-11(27-13)15-21-22-16(26-15)14(17)18/h5-7,14H,4,8H2,1-3H3. The van der Waals surface area contributed by atoms with Gasteiger partial charge in [-0.05, 0) is 38.5 Å². The molecule has 28 heavy (non-hydrogen) atoms. The molecule has 3 aromatic heterocycles. The van der Waals surface area contributed by atoms with Gasteiger partial charge in [0.2, 0.25) is 10.0 Å². The summed E-state index contributed by atoms with van der Waals surface area (Å²) in [6.07, 6.45) is -1.48. The number of rotatable bonds is 7. The van der Waals surface area contributed by atoms with Gasteiger partial charge in [0.05, 0.1) is 18.5 Å². The summed E-state index contributed by atoms with van der Waals surface area (Å²) in [6, 6.07) is 3.53. The van der Waals surface area contributed by atoms with Gasteiger partial charge in [0.1, 0.15) is 15.7 Å². The van der Waals surface area contributed by atoms with Gasteiger partial charge in [-0.3, -0.25) is 0 Å². The van der Waals surface area contributed by atoms with Gasteiger partial charge in [0, 0.05) is 5.69 Å². The first-order chi connectivity index (χ1) is 13.2. The average Bonchev–Trinajstić information content (AvgIpc) is 3.28. The Morgan fingerprint density at radius 1 is 1.25 bits per heavy atom. The van der Waals surface area contributed by atoms with E-state index in [-0.39, 0.29) is 18.2 Å². The molecule has 0 fully saturated rings. The number of hydrogen-bond acceptors (Lipinski definition) is 8. The molecular formula is C16H17F2N5O3S2. The average molecular weight is 429 g/mol. The van der Waals surface area contributed by atoms with Crippen LogP contribution >= 0.6 is 11.3 Å². The zero-order chi connectivity index (χ0) is 20.5. The second-order valence-electron chi connectivity index (χ2n) is 5.92. The number of aryl methyl sites for hydroxylation is 2. The van der Waals surface area contributed by atoms with Crippen LogP contribution in [0.3, 0.4) is 0 Å². The first kappa shape index (κ1) is 20.3. The Morgan fingerprint density at radius 3 is 2.61 bits per heavy atom. The van der Waals surface area contributed by atoms with Gasteiger partial charge < -0.3 is 4.42 Å². The minimum Gasteiger partial charge on any atom is -0.414 e. The first-order valence-electron chi connectivity index (χ1n) is 8.22. The molecule has 0 N–H and O–H groups in total. The fraction of sp³-hybridized carbons (Fsp3) is 0.375. The van der Waals surface area contributed by atoms with Crippen LogP contribution in [0.15, 0.2) is 22.7 Å². The number of nitrogens with zero attached hydrogens (tertiary/aromatic N) is 5. The van der Waals surface area contributed by atoms with Crippen LogP contribution < -0.4 is 4.31 Å². The van der Waals surface area contributed by atoms with Gasteiger partial charge in [-0.2, -0.15) is 8.78 Å². The number of sulfonamides is 1. The van der Waals surface area contributed by atoms with E-state index in [0.29, 0.717) is 21.4 Å². The van der Waals surface area contributed by atoms with Gasteiger partial charge >= 0.3 is 6.43 Å². The first-order valence-corrected chi connectivity index (χ1v) is 10.6. The molecule has 0 bridgehead atoms. The molecule has 0 amide bonds. The maximum Gasteiger partial charge on any atom is 0.314 e. The Hall–Kier alpha value is -2.47. The smallest absolute Gasteiger partial charge is 0.314 e. The number of thiazole rings is 1. The van der Waals surface area contributed by atoms with Crippen molar-refractivity contribution >= 4 is 27.2 Å². The van der Waals surface area contributed by atoms with Crippen molar-refractivity contribution in [3.8, 4) is 10.8 Å². The Morgan fingerprint density at radius 2 is 2.00 bits per heavy atom. The van der Waals surface area contributed by atoms with Gasteiger partial charge in [-0.15, -0.1) is 21.5 Å². The molecule has 0 radical (unpaired) electrons. The number of pyridine rings is 1. The number of halogens is 2. The lowest BCUT2D eigenvalue weighted by molar-refractivity contribution is 0.116. The third-order valence-electron chi connectivity index (χ3n) is 3.71. The van der Waals surface area contributed by atoms with E-state index in [2.05, 4.69) is 20.2 Å². The third kappa shape index (κ3) is 4.33. The summed E-state index contributed by atoms with van der Waals surface area (Å²) in [6.45, 7) is 5.13. The van der Waals surface area contributed by atoms with Crippen LogP contribution in [-0.4, -0.2) is 34.3 Å². The molecule has 0 aromatic carbocycles. The van der Waals surface area contributed by atoms with E-state index >= 15 is 0 Å². The molecule has 0 atom stereocenters. The molecule has 0 saturated heterocycles. The van der Waals surface area contributed by atoms with Crippen molar-refractivity contribution in [2.24, 2.45) is 0 Å². The van der Waals surface area contributed by atoms with Crippen molar-refractivity contribution in [3.63, 3.8) is 0 Å². The lowest BCUT2D eigenvalue weighted by Crippen LogP contribution is -2.32. The SMILES string of the molecule is CCS(=O)(=O)N(Cc1ncc(-c2nnc(C(F)F)o2)s1)c1cc(C)cc(C)n1. The zero-order valence-electron chi connectivity index (χ0n) is 15.3. The van der Waals surface area contributed by atoms with Crippen molar-refractivity contribution in [2.45, 2.75) is 33.7 Å². The van der Waals surface area contributed by atoms with E-state index in [9.17, 15) is 17.2 Å². The molecule has 3 rings (SSSR count). The topological polar surface area (TPSA) is 102 Å². The van der Waals surface area contributed by atoms with Crippen molar-refractivity contribution in [3.05, 3.63) is 40.5 Å². The Kier molecular flexibility index (Phi) is 5.70. The maximum absolute atomic E-state index is 12.6. The summed E-state index contributed by atoms with van der Waals surface area (Å²) in [7, 11) is -3.62. The molecule has 3 heterocycles. The highest BCUT2D eigenvalue weighted by Crippen LogP contribution is 2.29. The van der Waals surface area contributed by atoms with Crippen LogP contribution in [0.4, 0.5) is 14.6 Å². The molecule has 0 spiro atoms. The van der Waals surface area contributed by atoms with E-state index < -0.39 is 22.3 Å². The largest absolute Gasteiger partial charge is 0.414 e. The monoisotopic (exact) mass is 429 g/mol. The van der Waals surface area contributed by atoms with Crippen LogP contribution in [-0.2, 0) is 16.6 Å². The van der Waals surface area contributed by atoms with Crippen LogP contribution in [0.5, 0.6) is 0 Å². The maximum atomic E-state index is 12.6. The fourth-order valence-corrected chi connectivity index (χ4v) is 4.37. The van der Waals surface area contributed by atoms with Gasteiger partial charge in [-0.1, -0.05) is 0 Å². The van der Waals surface area contributed by atoms with E-state index in [1.807, 2.05) is 13.0 Å².